The van der Waals surface area contributed by atoms with Crippen molar-refractivity contribution in [3.05, 3.63) is 0 Å². The molecule has 0 saturated heterocycles. The van der Waals surface area contributed by atoms with Gasteiger partial charge in [0.1, 0.15) is 18.6 Å². The third kappa shape index (κ3) is 13.5. The van der Waals surface area contributed by atoms with E-state index >= 15 is 0 Å². The maximum Gasteiger partial charge on any atom is 0.326 e. The first-order valence-electron chi connectivity index (χ1n) is 9.63. The van der Waals surface area contributed by atoms with Crippen molar-refractivity contribution < 1.29 is 34.2 Å². The van der Waals surface area contributed by atoms with Gasteiger partial charge in [0.2, 0.25) is 17.7 Å². The van der Waals surface area contributed by atoms with Crippen LogP contribution in [0.15, 0.2) is 0 Å². The first kappa shape index (κ1) is 26.7. The van der Waals surface area contributed by atoms with E-state index in [0.29, 0.717) is 6.42 Å². The molecule has 0 aliphatic rings. The second-order valence-electron chi connectivity index (χ2n) is 6.58. The van der Waals surface area contributed by atoms with E-state index in [4.69, 9.17) is 5.11 Å². The van der Waals surface area contributed by atoms with Gasteiger partial charge in [0.15, 0.2) is 0 Å². The maximum absolute atomic E-state index is 12.0. The Bertz CT molecular complexity index is 572. The van der Waals surface area contributed by atoms with Crippen LogP contribution >= 0.6 is 12.6 Å². The summed E-state index contributed by atoms with van der Waals surface area (Å²) in [4.78, 5) is 57.5. The van der Waals surface area contributed by atoms with Gasteiger partial charge in [0.05, 0.1) is 0 Å². The predicted octanol–water partition coefficient (Wildman–Crippen LogP) is 0.312. The SMILES string of the molecule is CCCCCCCC(=O)N[C@@H](CCC(=O)N[C@@H](CS)C(=O)NCC(=O)O)C(=O)O. The summed E-state index contributed by atoms with van der Waals surface area (Å²) in [7, 11) is 0. The third-order valence-corrected chi connectivity index (χ3v) is 4.41. The Kier molecular flexibility index (Phi) is 14.4. The smallest absolute Gasteiger partial charge is 0.326 e. The summed E-state index contributed by atoms with van der Waals surface area (Å²) in [5.74, 6) is -4.23. The zero-order chi connectivity index (χ0) is 22.2. The summed E-state index contributed by atoms with van der Waals surface area (Å²) in [5, 5.41) is 24.7. The summed E-state index contributed by atoms with van der Waals surface area (Å²) in [6.07, 6.45) is 4.64. The van der Waals surface area contributed by atoms with Gasteiger partial charge in [-0.1, -0.05) is 32.6 Å². The van der Waals surface area contributed by atoms with Crippen LogP contribution in [0.5, 0.6) is 0 Å². The lowest BCUT2D eigenvalue weighted by atomic mass is 10.1. The van der Waals surface area contributed by atoms with Gasteiger partial charge in [0, 0.05) is 18.6 Å². The number of unbranched alkanes of at least 4 members (excludes halogenated alkanes) is 4. The highest BCUT2D eigenvalue weighted by molar-refractivity contribution is 7.80. The number of thiol groups is 1. The molecule has 29 heavy (non-hydrogen) atoms. The van der Waals surface area contributed by atoms with Crippen molar-refractivity contribution in [1.82, 2.24) is 16.0 Å². The fourth-order valence-electron chi connectivity index (χ4n) is 2.43. The number of carboxylic acid groups (broad SMARTS) is 2. The van der Waals surface area contributed by atoms with E-state index in [-0.39, 0.29) is 30.9 Å². The van der Waals surface area contributed by atoms with Gasteiger partial charge < -0.3 is 26.2 Å². The van der Waals surface area contributed by atoms with Crippen LogP contribution in [-0.4, -0.2) is 64.3 Å². The Hall–Kier alpha value is -2.30. The Morgan fingerprint density at radius 2 is 1.45 bits per heavy atom. The molecule has 0 aromatic rings. The van der Waals surface area contributed by atoms with Crippen molar-refractivity contribution >= 4 is 42.3 Å². The van der Waals surface area contributed by atoms with E-state index in [1.807, 2.05) is 0 Å². The quantitative estimate of drug-likeness (QED) is 0.151. The summed E-state index contributed by atoms with van der Waals surface area (Å²) in [6.45, 7) is 1.49. The number of carboxylic acids is 2. The summed E-state index contributed by atoms with van der Waals surface area (Å²) in [5.41, 5.74) is 0. The molecule has 0 unspecified atom stereocenters. The van der Waals surface area contributed by atoms with Crippen LogP contribution in [-0.2, 0) is 24.0 Å². The molecular formula is C18H31N3O7S. The first-order chi connectivity index (χ1) is 13.7. The molecule has 10 nitrogen and oxygen atoms in total. The molecule has 5 N–H and O–H groups in total. The summed E-state index contributed by atoms with van der Waals surface area (Å²) >= 11 is 3.94. The van der Waals surface area contributed by atoms with Crippen LogP contribution < -0.4 is 16.0 Å². The topological polar surface area (TPSA) is 162 Å². The van der Waals surface area contributed by atoms with Crippen LogP contribution in [0.25, 0.3) is 0 Å². The average molecular weight is 434 g/mol. The zero-order valence-electron chi connectivity index (χ0n) is 16.6. The number of aliphatic carboxylic acids is 2. The highest BCUT2D eigenvalue weighted by atomic mass is 32.1. The lowest BCUT2D eigenvalue weighted by molar-refractivity contribution is -0.142. The second-order valence-corrected chi connectivity index (χ2v) is 6.94. The number of carbonyl (C=O) groups excluding carboxylic acids is 3. The van der Waals surface area contributed by atoms with Crippen LogP contribution in [0.2, 0.25) is 0 Å². The molecule has 2 atom stereocenters. The number of nitrogens with one attached hydrogen (secondary N) is 3. The first-order valence-corrected chi connectivity index (χ1v) is 10.3. The fourth-order valence-corrected chi connectivity index (χ4v) is 2.69. The lowest BCUT2D eigenvalue weighted by Gasteiger charge is -2.17. The molecule has 0 heterocycles. The van der Waals surface area contributed by atoms with E-state index in [0.717, 1.165) is 25.7 Å². The monoisotopic (exact) mass is 433 g/mol. The Morgan fingerprint density at radius 3 is 2.00 bits per heavy atom. The van der Waals surface area contributed by atoms with Gasteiger partial charge in [0.25, 0.3) is 0 Å². The molecule has 0 radical (unpaired) electrons. The van der Waals surface area contributed by atoms with Gasteiger partial charge in [-0.05, 0) is 12.8 Å². The molecule has 0 aliphatic heterocycles. The van der Waals surface area contributed by atoms with Crippen molar-refractivity contribution in [3.8, 4) is 0 Å². The minimum absolute atomic E-state index is 0.0612. The molecule has 3 amide bonds. The Balaban J connectivity index is 4.40. The molecule has 11 heteroatoms. The standard InChI is InChI=1S/C18H31N3O7S/c1-2-3-4-5-6-7-14(22)20-12(18(27)28)8-9-15(23)21-13(11-29)17(26)19-10-16(24)25/h12-13,29H,2-11H2,1H3,(H,19,26)(H,20,22)(H,21,23)(H,24,25)(H,27,28)/t12-,13-/m0/s1. The molecule has 0 aromatic carbocycles. The fraction of sp³-hybridized carbons (Fsp3) is 0.722. The van der Waals surface area contributed by atoms with Crippen LogP contribution in [0.3, 0.4) is 0 Å². The highest BCUT2D eigenvalue weighted by Crippen LogP contribution is 2.06. The predicted molar refractivity (Wildman–Crippen MR) is 109 cm³/mol. The molecule has 0 spiro atoms. The highest BCUT2D eigenvalue weighted by Gasteiger charge is 2.23. The van der Waals surface area contributed by atoms with E-state index in [2.05, 4.69) is 35.5 Å². The van der Waals surface area contributed by atoms with E-state index < -0.39 is 42.4 Å². The third-order valence-electron chi connectivity index (χ3n) is 4.05. The van der Waals surface area contributed by atoms with E-state index in [9.17, 15) is 29.1 Å². The number of amides is 3. The Labute approximate surface area is 175 Å². The second kappa shape index (κ2) is 15.6. The molecule has 0 bridgehead atoms. The molecule has 0 rings (SSSR count). The summed E-state index contributed by atoms with van der Waals surface area (Å²) < 4.78 is 0. The molecule has 0 fully saturated rings. The Morgan fingerprint density at radius 1 is 0.862 bits per heavy atom. The van der Waals surface area contributed by atoms with Gasteiger partial charge in [-0.25, -0.2) is 4.79 Å². The van der Waals surface area contributed by atoms with Gasteiger partial charge >= 0.3 is 11.9 Å². The zero-order valence-corrected chi connectivity index (χ0v) is 17.5. The minimum Gasteiger partial charge on any atom is -0.480 e. The molecule has 0 aliphatic carbocycles. The van der Waals surface area contributed by atoms with E-state index in [1.54, 1.807) is 0 Å². The number of rotatable bonds is 16. The number of carbonyl (C=O) groups is 5. The number of hydrogen-bond donors (Lipinski definition) is 6. The molecule has 0 saturated carbocycles. The number of hydrogen-bond acceptors (Lipinski definition) is 6. The van der Waals surface area contributed by atoms with Gasteiger partial charge in [-0.2, -0.15) is 12.6 Å². The molecule has 166 valence electrons. The van der Waals surface area contributed by atoms with Gasteiger partial charge in [-0.3, -0.25) is 19.2 Å². The largest absolute Gasteiger partial charge is 0.480 e. The normalized spacial score (nSPS) is 12.5. The lowest BCUT2D eigenvalue weighted by Crippen LogP contribution is -2.49. The van der Waals surface area contributed by atoms with Crippen molar-refractivity contribution in [2.24, 2.45) is 0 Å². The van der Waals surface area contributed by atoms with Crippen molar-refractivity contribution in [2.75, 3.05) is 12.3 Å². The minimum atomic E-state index is -1.25. The molecule has 0 aromatic heterocycles. The van der Waals surface area contributed by atoms with Crippen molar-refractivity contribution in [1.29, 1.82) is 0 Å². The summed E-state index contributed by atoms with van der Waals surface area (Å²) in [6, 6.07) is -2.26. The van der Waals surface area contributed by atoms with E-state index in [1.165, 1.54) is 0 Å². The maximum atomic E-state index is 12.0. The van der Waals surface area contributed by atoms with Gasteiger partial charge in [-0.15, -0.1) is 0 Å². The van der Waals surface area contributed by atoms with Crippen LogP contribution in [0.1, 0.15) is 58.3 Å². The van der Waals surface area contributed by atoms with Crippen LogP contribution in [0.4, 0.5) is 0 Å². The molecular weight excluding hydrogens is 402 g/mol. The van der Waals surface area contributed by atoms with Crippen LogP contribution in [0, 0.1) is 0 Å². The van der Waals surface area contributed by atoms with Crippen molar-refractivity contribution in [2.45, 2.75) is 70.4 Å². The average Bonchev–Trinajstić information content (AvgIpc) is 2.66. The van der Waals surface area contributed by atoms with Crippen molar-refractivity contribution in [3.63, 3.8) is 0 Å².